The zero-order chi connectivity index (χ0) is 9.26. The molecular formula is C8H6BrN3. The van der Waals surface area contributed by atoms with Crippen LogP contribution in [0.3, 0.4) is 0 Å². The minimum atomic E-state index is 0.280. The summed E-state index contributed by atoms with van der Waals surface area (Å²) in [6.07, 6.45) is 1.68. The Morgan fingerprint density at radius 2 is 2.08 bits per heavy atom. The molecule has 0 aliphatic carbocycles. The molecule has 0 fully saturated rings. The van der Waals surface area contributed by atoms with Crippen molar-refractivity contribution in [2.24, 2.45) is 0 Å². The van der Waals surface area contributed by atoms with Crippen molar-refractivity contribution in [1.82, 2.24) is 15.0 Å². The maximum atomic E-state index is 7.47. The minimum absolute atomic E-state index is 0.280. The van der Waals surface area contributed by atoms with E-state index in [0.29, 0.717) is 0 Å². The third kappa shape index (κ3) is 1.38. The first-order valence-corrected chi connectivity index (χ1v) is 4.20. The molecule has 60 valence electrons. The monoisotopic (exact) mass is 224 g/mol. The Hall–Kier alpha value is -1.16. The summed E-state index contributed by atoms with van der Waals surface area (Å²) in [6.45, 7) is 0. The average molecular weight is 225 g/mol. The molecule has 0 bridgehead atoms. The highest BCUT2D eigenvalue weighted by molar-refractivity contribution is 9.10. The van der Waals surface area contributed by atoms with Crippen LogP contribution in [0.2, 0.25) is 0 Å². The lowest BCUT2D eigenvalue weighted by Gasteiger charge is -1.98. The standard InChI is InChI=1S/C8H6BrN3/c9-7-1-3-8(4-2-7)12-6-5-10-11-12/h1-6H/i6D. The van der Waals surface area contributed by atoms with Gasteiger partial charge in [-0.05, 0) is 24.3 Å². The van der Waals surface area contributed by atoms with Gasteiger partial charge in [0.15, 0.2) is 0 Å². The molecule has 0 atom stereocenters. The van der Waals surface area contributed by atoms with Gasteiger partial charge in [-0.15, -0.1) is 5.10 Å². The van der Waals surface area contributed by atoms with Gasteiger partial charge in [-0.2, -0.15) is 0 Å². The molecule has 2 aromatic rings. The van der Waals surface area contributed by atoms with E-state index in [1.165, 1.54) is 10.9 Å². The summed E-state index contributed by atoms with van der Waals surface area (Å²) in [7, 11) is 0. The molecule has 1 aromatic heterocycles. The molecule has 0 amide bonds. The molecule has 0 spiro atoms. The van der Waals surface area contributed by atoms with Crippen molar-refractivity contribution in [2.75, 3.05) is 0 Å². The summed E-state index contributed by atoms with van der Waals surface area (Å²) in [4.78, 5) is 0. The quantitative estimate of drug-likeness (QED) is 0.743. The number of rotatable bonds is 1. The van der Waals surface area contributed by atoms with Crippen LogP contribution in [-0.2, 0) is 0 Å². The van der Waals surface area contributed by atoms with E-state index in [-0.39, 0.29) is 6.17 Å². The zero-order valence-corrected chi connectivity index (χ0v) is 7.69. The van der Waals surface area contributed by atoms with Crippen LogP contribution in [0.15, 0.2) is 41.1 Å². The van der Waals surface area contributed by atoms with Gasteiger partial charge in [0.1, 0.15) is 0 Å². The third-order valence-electron chi connectivity index (χ3n) is 1.45. The van der Waals surface area contributed by atoms with Gasteiger partial charge in [0.2, 0.25) is 0 Å². The van der Waals surface area contributed by atoms with E-state index in [0.717, 1.165) is 10.2 Å². The van der Waals surface area contributed by atoms with Gasteiger partial charge < -0.3 is 0 Å². The lowest BCUT2D eigenvalue weighted by molar-refractivity contribution is 0.803. The van der Waals surface area contributed by atoms with Crippen LogP contribution in [0.5, 0.6) is 0 Å². The van der Waals surface area contributed by atoms with E-state index in [9.17, 15) is 0 Å². The maximum Gasteiger partial charge on any atom is 0.0859 e. The first-order valence-electron chi connectivity index (χ1n) is 3.90. The number of hydrogen-bond donors (Lipinski definition) is 0. The van der Waals surface area contributed by atoms with Gasteiger partial charge in [-0.1, -0.05) is 21.1 Å². The van der Waals surface area contributed by atoms with Crippen LogP contribution in [0.1, 0.15) is 1.37 Å². The zero-order valence-electron chi connectivity index (χ0n) is 7.11. The largest absolute Gasteiger partial charge is 0.221 e. The van der Waals surface area contributed by atoms with E-state index in [1.807, 2.05) is 24.3 Å². The summed E-state index contributed by atoms with van der Waals surface area (Å²) < 4.78 is 9.94. The van der Waals surface area contributed by atoms with E-state index in [2.05, 4.69) is 26.2 Å². The first-order chi connectivity index (χ1) is 6.27. The van der Waals surface area contributed by atoms with E-state index >= 15 is 0 Å². The van der Waals surface area contributed by atoms with Crippen LogP contribution in [-0.4, -0.2) is 15.0 Å². The fourth-order valence-electron chi connectivity index (χ4n) is 0.892. The van der Waals surface area contributed by atoms with Crippen LogP contribution in [0.25, 0.3) is 5.69 Å². The molecule has 1 heterocycles. The molecule has 2 rings (SSSR count). The highest BCUT2D eigenvalue weighted by atomic mass is 79.9. The van der Waals surface area contributed by atoms with Crippen molar-refractivity contribution in [3.63, 3.8) is 0 Å². The summed E-state index contributed by atoms with van der Waals surface area (Å²) >= 11 is 3.34. The SMILES string of the molecule is [2H]c1cnnn1-c1ccc(Br)cc1. The molecule has 3 nitrogen and oxygen atoms in total. The van der Waals surface area contributed by atoms with E-state index in [1.54, 1.807) is 0 Å². The lowest BCUT2D eigenvalue weighted by atomic mass is 10.3. The first kappa shape index (κ1) is 6.37. The summed E-state index contributed by atoms with van der Waals surface area (Å²) in [6, 6.07) is 7.54. The second kappa shape index (κ2) is 3.06. The number of aromatic nitrogens is 3. The Labute approximate surface area is 79.6 Å². The van der Waals surface area contributed by atoms with Crippen LogP contribution in [0.4, 0.5) is 0 Å². The lowest BCUT2D eigenvalue weighted by Crippen LogP contribution is -1.93. The average Bonchev–Trinajstić information content (AvgIpc) is 2.53. The predicted octanol–water partition coefficient (Wildman–Crippen LogP) is 2.03. The molecule has 0 N–H and O–H groups in total. The molecule has 0 saturated carbocycles. The molecule has 12 heavy (non-hydrogen) atoms. The number of nitrogens with zero attached hydrogens (tertiary/aromatic N) is 3. The molecule has 1 aromatic carbocycles. The minimum Gasteiger partial charge on any atom is -0.221 e. The maximum absolute atomic E-state index is 7.47. The van der Waals surface area contributed by atoms with Crippen LogP contribution in [0, 0.1) is 0 Å². The van der Waals surface area contributed by atoms with E-state index in [4.69, 9.17) is 1.37 Å². The Kier molecular flexibility index (Phi) is 1.63. The highest BCUT2D eigenvalue weighted by Gasteiger charge is 1.94. The predicted molar refractivity (Wildman–Crippen MR) is 49.1 cm³/mol. The Morgan fingerprint density at radius 3 is 2.67 bits per heavy atom. The number of benzene rings is 1. The molecule has 0 radical (unpaired) electrons. The fraction of sp³-hybridized carbons (Fsp3) is 0. The second-order valence-corrected chi connectivity index (χ2v) is 3.17. The smallest absolute Gasteiger partial charge is 0.0859 e. The van der Waals surface area contributed by atoms with Gasteiger partial charge in [0, 0.05) is 4.47 Å². The van der Waals surface area contributed by atoms with Crippen molar-refractivity contribution < 1.29 is 1.37 Å². The number of halogens is 1. The van der Waals surface area contributed by atoms with Gasteiger partial charge in [0.05, 0.1) is 19.4 Å². The van der Waals surface area contributed by atoms with E-state index < -0.39 is 0 Å². The van der Waals surface area contributed by atoms with Gasteiger partial charge >= 0.3 is 0 Å². The van der Waals surface area contributed by atoms with Crippen molar-refractivity contribution in [2.45, 2.75) is 0 Å². The summed E-state index contributed by atoms with van der Waals surface area (Å²) in [5, 5.41) is 7.41. The third-order valence-corrected chi connectivity index (χ3v) is 1.98. The van der Waals surface area contributed by atoms with Crippen molar-refractivity contribution in [3.05, 3.63) is 41.1 Å². The van der Waals surface area contributed by atoms with Crippen LogP contribution >= 0.6 is 15.9 Å². The topological polar surface area (TPSA) is 30.7 Å². The second-order valence-electron chi connectivity index (χ2n) is 2.25. The summed E-state index contributed by atoms with van der Waals surface area (Å²) in [5.41, 5.74) is 0.839. The molecule has 0 aliphatic heterocycles. The molecule has 0 unspecified atom stereocenters. The van der Waals surface area contributed by atoms with Gasteiger partial charge in [-0.3, -0.25) is 0 Å². The molecule has 0 aliphatic rings. The molecule has 4 heteroatoms. The molecule has 0 saturated heterocycles. The molecular weight excluding hydrogens is 218 g/mol. The van der Waals surface area contributed by atoms with Gasteiger partial charge in [0.25, 0.3) is 0 Å². The van der Waals surface area contributed by atoms with Crippen molar-refractivity contribution in [3.8, 4) is 5.69 Å². The fourth-order valence-corrected chi connectivity index (χ4v) is 1.16. The normalized spacial score (nSPS) is 11.2. The van der Waals surface area contributed by atoms with Gasteiger partial charge in [-0.25, -0.2) is 4.68 Å². The Balaban J connectivity index is 2.47. The van der Waals surface area contributed by atoms with Crippen molar-refractivity contribution >= 4 is 15.9 Å². The summed E-state index contributed by atoms with van der Waals surface area (Å²) in [5.74, 6) is 0. The van der Waals surface area contributed by atoms with Crippen molar-refractivity contribution in [1.29, 1.82) is 0 Å². The Morgan fingerprint density at radius 1 is 1.33 bits per heavy atom. The van der Waals surface area contributed by atoms with Crippen LogP contribution < -0.4 is 0 Å². The highest BCUT2D eigenvalue weighted by Crippen LogP contribution is 2.12. The number of hydrogen-bond acceptors (Lipinski definition) is 2. The Bertz CT molecular complexity index is 410.